The summed E-state index contributed by atoms with van der Waals surface area (Å²) >= 11 is 3.31. The summed E-state index contributed by atoms with van der Waals surface area (Å²) in [5.74, 6) is 1.99. The Kier molecular flexibility index (Phi) is 4.79. The van der Waals surface area contributed by atoms with Crippen molar-refractivity contribution >= 4 is 21.9 Å². The Hall–Kier alpha value is -1.82. The lowest BCUT2D eigenvalue weighted by molar-refractivity contribution is 0.354. The van der Waals surface area contributed by atoms with Crippen LogP contribution in [-0.4, -0.2) is 24.2 Å². The molecule has 1 N–H and O–H groups in total. The molecule has 106 valence electrons. The molecule has 0 aliphatic carbocycles. The van der Waals surface area contributed by atoms with Gasteiger partial charge < -0.3 is 14.8 Å². The smallest absolute Gasteiger partial charge is 0.223 e. The molecule has 6 heteroatoms. The number of benzene rings is 1. The van der Waals surface area contributed by atoms with E-state index in [0.29, 0.717) is 17.4 Å². The maximum atomic E-state index is 5.30. The van der Waals surface area contributed by atoms with Crippen LogP contribution in [0.2, 0.25) is 0 Å². The number of hydrogen-bond donors (Lipinski definition) is 1. The van der Waals surface area contributed by atoms with Crippen molar-refractivity contribution in [1.82, 2.24) is 9.97 Å². The zero-order valence-electron chi connectivity index (χ0n) is 11.6. The zero-order chi connectivity index (χ0) is 14.5. The first-order valence-electron chi connectivity index (χ1n) is 6.10. The van der Waals surface area contributed by atoms with E-state index in [2.05, 4.69) is 31.2 Å². The first-order chi connectivity index (χ1) is 9.63. The van der Waals surface area contributed by atoms with Crippen LogP contribution < -0.4 is 14.8 Å². The third kappa shape index (κ3) is 3.39. The molecular formula is C14H16BrN3O2. The minimum Gasteiger partial charge on any atom is -0.493 e. The fraction of sp³-hybridized carbons (Fsp3) is 0.286. The Morgan fingerprint density at radius 1 is 1.10 bits per heavy atom. The second-order valence-corrected chi connectivity index (χ2v) is 5.12. The molecule has 0 saturated carbocycles. The minimum atomic E-state index is 0.0518. The predicted octanol–water partition coefficient (Wildman–Crippen LogP) is 3.43. The lowest BCUT2D eigenvalue weighted by atomic mass is 10.1. The second kappa shape index (κ2) is 6.56. The molecule has 0 bridgehead atoms. The minimum absolute atomic E-state index is 0.0518. The van der Waals surface area contributed by atoms with Crippen molar-refractivity contribution in [2.75, 3.05) is 19.5 Å². The van der Waals surface area contributed by atoms with Crippen LogP contribution >= 0.6 is 15.9 Å². The average molecular weight is 338 g/mol. The number of anilines is 1. The quantitative estimate of drug-likeness (QED) is 0.905. The fourth-order valence-electron chi connectivity index (χ4n) is 1.79. The SMILES string of the molecule is COc1ccc(C(C)Nc2ncc(Br)cn2)cc1OC. The maximum absolute atomic E-state index is 5.30. The average Bonchev–Trinajstić information content (AvgIpc) is 2.48. The number of halogens is 1. The summed E-state index contributed by atoms with van der Waals surface area (Å²) in [4.78, 5) is 8.39. The van der Waals surface area contributed by atoms with Gasteiger partial charge >= 0.3 is 0 Å². The van der Waals surface area contributed by atoms with Crippen molar-refractivity contribution in [3.05, 3.63) is 40.6 Å². The fourth-order valence-corrected chi connectivity index (χ4v) is 1.99. The lowest BCUT2D eigenvalue weighted by Crippen LogP contribution is -2.09. The van der Waals surface area contributed by atoms with E-state index in [-0.39, 0.29) is 6.04 Å². The van der Waals surface area contributed by atoms with Crippen molar-refractivity contribution in [3.8, 4) is 11.5 Å². The molecule has 1 atom stereocenters. The van der Waals surface area contributed by atoms with E-state index >= 15 is 0 Å². The largest absolute Gasteiger partial charge is 0.493 e. The van der Waals surface area contributed by atoms with Gasteiger partial charge in [0.15, 0.2) is 11.5 Å². The van der Waals surface area contributed by atoms with E-state index in [1.807, 2.05) is 25.1 Å². The first-order valence-corrected chi connectivity index (χ1v) is 6.89. The van der Waals surface area contributed by atoms with Gasteiger partial charge in [-0.2, -0.15) is 0 Å². The lowest BCUT2D eigenvalue weighted by Gasteiger charge is -2.16. The Morgan fingerprint density at radius 3 is 2.35 bits per heavy atom. The van der Waals surface area contributed by atoms with E-state index in [0.717, 1.165) is 10.0 Å². The molecule has 0 aliphatic heterocycles. The standard InChI is InChI=1S/C14H16BrN3O2/c1-9(18-14-16-7-11(15)8-17-14)10-4-5-12(19-2)13(6-10)20-3/h4-9H,1-3H3,(H,16,17,18). The zero-order valence-corrected chi connectivity index (χ0v) is 13.1. The summed E-state index contributed by atoms with van der Waals surface area (Å²) in [5, 5.41) is 3.23. The van der Waals surface area contributed by atoms with Crippen molar-refractivity contribution in [3.63, 3.8) is 0 Å². The summed E-state index contributed by atoms with van der Waals surface area (Å²) in [7, 11) is 3.24. The molecule has 1 aromatic heterocycles. The van der Waals surface area contributed by atoms with E-state index in [9.17, 15) is 0 Å². The first kappa shape index (κ1) is 14.6. The summed E-state index contributed by atoms with van der Waals surface area (Å²) in [6.07, 6.45) is 3.41. The Morgan fingerprint density at radius 2 is 1.75 bits per heavy atom. The van der Waals surface area contributed by atoms with Gasteiger partial charge in [0.05, 0.1) is 24.7 Å². The molecule has 2 aromatic rings. The van der Waals surface area contributed by atoms with E-state index < -0.39 is 0 Å². The number of hydrogen-bond acceptors (Lipinski definition) is 5. The van der Waals surface area contributed by atoms with Crippen LogP contribution in [0, 0.1) is 0 Å². The van der Waals surface area contributed by atoms with Crippen LogP contribution in [-0.2, 0) is 0 Å². The molecule has 2 rings (SSSR count). The normalized spacial score (nSPS) is 11.8. The Labute approximate surface area is 126 Å². The van der Waals surface area contributed by atoms with Crippen LogP contribution in [0.3, 0.4) is 0 Å². The van der Waals surface area contributed by atoms with Crippen molar-refractivity contribution in [2.45, 2.75) is 13.0 Å². The van der Waals surface area contributed by atoms with E-state index in [4.69, 9.17) is 9.47 Å². The second-order valence-electron chi connectivity index (χ2n) is 4.21. The number of aromatic nitrogens is 2. The number of nitrogens with one attached hydrogen (secondary N) is 1. The molecule has 1 unspecified atom stereocenters. The van der Waals surface area contributed by atoms with E-state index in [1.54, 1.807) is 26.6 Å². The Balaban J connectivity index is 2.16. The molecule has 1 heterocycles. The number of ether oxygens (including phenoxy) is 2. The molecule has 20 heavy (non-hydrogen) atoms. The summed E-state index contributed by atoms with van der Waals surface area (Å²) < 4.78 is 11.4. The number of methoxy groups -OCH3 is 2. The van der Waals surface area contributed by atoms with Gasteiger partial charge in [-0.15, -0.1) is 0 Å². The van der Waals surface area contributed by atoms with Crippen molar-refractivity contribution in [1.29, 1.82) is 0 Å². The highest BCUT2D eigenvalue weighted by Crippen LogP contribution is 2.30. The monoisotopic (exact) mass is 337 g/mol. The van der Waals surface area contributed by atoms with Gasteiger partial charge in [-0.05, 0) is 40.5 Å². The third-order valence-corrected chi connectivity index (χ3v) is 3.28. The van der Waals surface area contributed by atoms with Gasteiger partial charge in [0.2, 0.25) is 5.95 Å². The van der Waals surface area contributed by atoms with Crippen molar-refractivity contribution in [2.24, 2.45) is 0 Å². The highest BCUT2D eigenvalue weighted by Gasteiger charge is 2.11. The molecule has 5 nitrogen and oxygen atoms in total. The molecule has 0 saturated heterocycles. The topological polar surface area (TPSA) is 56.3 Å². The van der Waals surface area contributed by atoms with Gasteiger partial charge in [-0.3, -0.25) is 0 Å². The van der Waals surface area contributed by atoms with Gasteiger partial charge in [-0.25, -0.2) is 9.97 Å². The molecule has 0 radical (unpaired) electrons. The van der Waals surface area contributed by atoms with Gasteiger partial charge in [-0.1, -0.05) is 6.07 Å². The molecule has 0 spiro atoms. The van der Waals surface area contributed by atoms with Crippen molar-refractivity contribution < 1.29 is 9.47 Å². The molecule has 0 aliphatic rings. The molecule has 1 aromatic carbocycles. The van der Waals surface area contributed by atoms with Crippen LogP contribution in [0.25, 0.3) is 0 Å². The predicted molar refractivity (Wildman–Crippen MR) is 81.3 cm³/mol. The van der Waals surface area contributed by atoms with Crippen LogP contribution in [0.15, 0.2) is 35.1 Å². The van der Waals surface area contributed by atoms with Gasteiger partial charge in [0, 0.05) is 12.4 Å². The highest BCUT2D eigenvalue weighted by molar-refractivity contribution is 9.10. The van der Waals surface area contributed by atoms with Gasteiger partial charge in [0.25, 0.3) is 0 Å². The third-order valence-electron chi connectivity index (χ3n) is 2.87. The Bertz CT molecular complexity index is 575. The van der Waals surface area contributed by atoms with Crippen LogP contribution in [0.1, 0.15) is 18.5 Å². The number of rotatable bonds is 5. The maximum Gasteiger partial charge on any atom is 0.223 e. The molecular weight excluding hydrogens is 322 g/mol. The summed E-state index contributed by atoms with van der Waals surface area (Å²) in [5.41, 5.74) is 1.06. The number of nitrogens with zero attached hydrogens (tertiary/aromatic N) is 2. The summed E-state index contributed by atoms with van der Waals surface area (Å²) in [6.45, 7) is 2.03. The van der Waals surface area contributed by atoms with Crippen LogP contribution in [0.4, 0.5) is 5.95 Å². The van der Waals surface area contributed by atoms with Crippen LogP contribution in [0.5, 0.6) is 11.5 Å². The van der Waals surface area contributed by atoms with E-state index in [1.165, 1.54) is 0 Å². The molecule has 0 fully saturated rings. The molecule has 0 amide bonds. The van der Waals surface area contributed by atoms with Gasteiger partial charge in [0.1, 0.15) is 0 Å². The highest BCUT2D eigenvalue weighted by atomic mass is 79.9. The summed E-state index contributed by atoms with van der Waals surface area (Å²) in [6, 6.07) is 5.86.